The lowest BCUT2D eigenvalue weighted by molar-refractivity contribution is 0.0964. The van der Waals surface area contributed by atoms with Crippen molar-refractivity contribution in [1.82, 2.24) is 19.3 Å². The van der Waals surface area contributed by atoms with Crippen molar-refractivity contribution in [1.29, 1.82) is 0 Å². The van der Waals surface area contributed by atoms with Gasteiger partial charge in [0.25, 0.3) is 5.91 Å². The normalized spacial score (nSPS) is 15.2. The number of H-pyrrole nitrogens is 1. The molecular weight excluding hydrogens is 617 g/mol. The van der Waals surface area contributed by atoms with Crippen molar-refractivity contribution in [3.63, 3.8) is 0 Å². The lowest BCUT2D eigenvalue weighted by atomic mass is 9.88. The smallest absolute Gasteiger partial charge is 0.253 e. The Labute approximate surface area is 261 Å². The summed E-state index contributed by atoms with van der Waals surface area (Å²) in [5, 5.41) is 6.03. The van der Waals surface area contributed by atoms with Crippen molar-refractivity contribution in [2.75, 3.05) is 25.9 Å². The molecule has 12 heteroatoms. The van der Waals surface area contributed by atoms with Gasteiger partial charge in [0, 0.05) is 53.7 Å². The Morgan fingerprint density at radius 1 is 0.977 bits per heavy atom. The molecule has 230 valence electrons. The van der Waals surface area contributed by atoms with Crippen molar-refractivity contribution < 1.29 is 21.6 Å². The predicted octanol–water partition coefficient (Wildman–Crippen LogP) is 5.42. The summed E-state index contributed by atoms with van der Waals surface area (Å²) in [7, 11) is -5.37. The largest absolute Gasteiger partial charge is 0.360 e. The van der Waals surface area contributed by atoms with E-state index in [4.69, 9.17) is 0 Å². The van der Waals surface area contributed by atoms with Crippen molar-refractivity contribution in [2.45, 2.75) is 37.1 Å². The van der Waals surface area contributed by atoms with Gasteiger partial charge >= 0.3 is 0 Å². The van der Waals surface area contributed by atoms with Gasteiger partial charge < -0.3 is 10.3 Å². The fraction of sp³-hybridized carbons (Fsp3) is 0.281. The number of carbonyl (C=O) groups is 1. The molecule has 1 saturated heterocycles. The van der Waals surface area contributed by atoms with E-state index in [1.807, 2.05) is 60.8 Å². The summed E-state index contributed by atoms with van der Waals surface area (Å²) in [5.41, 5.74) is 4.77. The number of sulfonamides is 2. The number of hydrogen-bond acceptors (Lipinski definition) is 6. The van der Waals surface area contributed by atoms with Crippen molar-refractivity contribution >= 4 is 58.3 Å². The lowest BCUT2D eigenvalue weighted by Gasteiger charge is -2.31. The zero-order chi connectivity index (χ0) is 31.1. The van der Waals surface area contributed by atoms with Gasteiger partial charge in [-0.1, -0.05) is 36.4 Å². The van der Waals surface area contributed by atoms with Gasteiger partial charge in [-0.2, -0.15) is 0 Å². The summed E-state index contributed by atoms with van der Waals surface area (Å²) in [4.78, 5) is 16.6. The van der Waals surface area contributed by atoms with Gasteiger partial charge in [-0.25, -0.2) is 25.9 Å². The highest BCUT2D eigenvalue weighted by atomic mass is 32.2. The van der Waals surface area contributed by atoms with Crippen LogP contribution in [0.3, 0.4) is 0 Å². The third-order valence-electron chi connectivity index (χ3n) is 8.41. The first-order chi connectivity index (χ1) is 21.1. The highest BCUT2D eigenvalue weighted by Crippen LogP contribution is 2.37. The molecule has 0 spiro atoms. The number of benzene rings is 3. The zero-order valence-corrected chi connectivity index (χ0v) is 26.9. The molecule has 0 aliphatic carbocycles. The van der Waals surface area contributed by atoms with E-state index < -0.39 is 20.0 Å². The lowest BCUT2D eigenvalue weighted by Crippen LogP contribution is -2.38. The molecule has 1 fully saturated rings. The number of piperidine rings is 1. The number of aromatic nitrogens is 1. The molecular formula is C32H34N4O5S3. The van der Waals surface area contributed by atoms with Gasteiger partial charge in [0.1, 0.15) is 4.90 Å². The van der Waals surface area contributed by atoms with E-state index in [2.05, 4.69) is 21.1 Å². The molecule has 3 aromatic carbocycles. The SMILES string of the molecule is CCS(=O)(=O)N1CCC(c2c[nH]c3c(C(=O)NC)cc(-c4cccc(CNS(=O)(=O)c5csc6ccccc56)c4)cc23)CC1. The molecule has 3 N–H and O–H groups in total. The zero-order valence-electron chi connectivity index (χ0n) is 24.5. The van der Waals surface area contributed by atoms with Crippen LogP contribution in [0.25, 0.3) is 32.1 Å². The summed E-state index contributed by atoms with van der Waals surface area (Å²) < 4.78 is 56.4. The third kappa shape index (κ3) is 5.80. The number of nitrogens with one attached hydrogen (secondary N) is 3. The van der Waals surface area contributed by atoms with E-state index in [0.29, 0.717) is 36.9 Å². The number of carbonyl (C=O) groups excluding carboxylic acids is 1. The molecule has 0 radical (unpaired) electrons. The molecule has 0 unspecified atom stereocenters. The van der Waals surface area contributed by atoms with Crippen LogP contribution < -0.4 is 10.0 Å². The van der Waals surface area contributed by atoms with E-state index in [-0.39, 0.29) is 29.0 Å². The van der Waals surface area contributed by atoms with E-state index in [1.54, 1.807) is 23.7 Å². The van der Waals surface area contributed by atoms with Gasteiger partial charge in [-0.05, 0) is 72.2 Å². The summed E-state index contributed by atoms with van der Waals surface area (Å²) in [6.07, 6.45) is 3.33. The number of hydrogen-bond donors (Lipinski definition) is 3. The molecule has 0 atom stereocenters. The Morgan fingerprint density at radius 3 is 2.50 bits per heavy atom. The van der Waals surface area contributed by atoms with Crippen LogP contribution in [-0.4, -0.2) is 57.9 Å². The van der Waals surface area contributed by atoms with E-state index in [1.165, 1.54) is 11.3 Å². The number of aromatic amines is 1. The van der Waals surface area contributed by atoms with Gasteiger partial charge in [0.2, 0.25) is 20.0 Å². The molecule has 3 heterocycles. The average Bonchev–Trinajstić information content (AvgIpc) is 3.68. The second kappa shape index (κ2) is 12.1. The van der Waals surface area contributed by atoms with Crippen molar-refractivity contribution in [3.8, 4) is 11.1 Å². The van der Waals surface area contributed by atoms with Crippen LogP contribution in [0, 0.1) is 0 Å². The second-order valence-electron chi connectivity index (χ2n) is 11.0. The fourth-order valence-corrected chi connectivity index (χ4v) is 9.63. The maximum Gasteiger partial charge on any atom is 0.253 e. The molecule has 1 aliphatic heterocycles. The van der Waals surface area contributed by atoms with Crippen LogP contribution in [0.15, 0.2) is 77.1 Å². The molecule has 9 nitrogen and oxygen atoms in total. The average molecular weight is 651 g/mol. The minimum atomic E-state index is -3.73. The number of nitrogens with zero attached hydrogens (tertiary/aromatic N) is 1. The molecule has 0 bridgehead atoms. The Kier molecular flexibility index (Phi) is 8.38. The quantitative estimate of drug-likeness (QED) is 0.196. The van der Waals surface area contributed by atoms with Crippen LogP contribution in [0.5, 0.6) is 0 Å². The van der Waals surface area contributed by atoms with Crippen LogP contribution in [0.1, 0.15) is 47.2 Å². The van der Waals surface area contributed by atoms with Crippen LogP contribution in [-0.2, 0) is 26.6 Å². The molecule has 44 heavy (non-hydrogen) atoms. The van der Waals surface area contributed by atoms with Gasteiger partial charge in [-0.15, -0.1) is 11.3 Å². The first-order valence-corrected chi connectivity index (χ1v) is 18.5. The molecule has 2 aromatic heterocycles. The van der Waals surface area contributed by atoms with E-state index in [0.717, 1.165) is 37.9 Å². The number of fused-ring (bicyclic) bond motifs is 2. The highest BCUT2D eigenvalue weighted by Gasteiger charge is 2.29. The molecule has 1 amide bonds. The fourth-order valence-electron chi connectivity index (χ4n) is 5.98. The summed E-state index contributed by atoms with van der Waals surface area (Å²) in [6, 6.07) is 19.0. The van der Waals surface area contributed by atoms with Gasteiger partial charge in [0.05, 0.1) is 16.8 Å². The van der Waals surface area contributed by atoms with Crippen LogP contribution >= 0.6 is 11.3 Å². The summed E-state index contributed by atoms with van der Waals surface area (Å²) in [5.74, 6) is 0.0180. The van der Waals surface area contributed by atoms with Gasteiger partial charge in [0.15, 0.2) is 0 Å². The molecule has 5 aromatic rings. The number of amides is 1. The van der Waals surface area contributed by atoms with Crippen molar-refractivity contribution in [3.05, 3.63) is 88.9 Å². The minimum absolute atomic E-state index is 0.0923. The van der Waals surface area contributed by atoms with E-state index >= 15 is 0 Å². The number of thiophene rings is 1. The molecule has 1 aliphatic rings. The Hall–Kier alpha value is -3.55. The van der Waals surface area contributed by atoms with Gasteiger partial charge in [-0.3, -0.25) is 4.79 Å². The van der Waals surface area contributed by atoms with Crippen LogP contribution in [0.2, 0.25) is 0 Å². The molecule has 6 rings (SSSR count). The maximum absolute atomic E-state index is 13.2. The Balaban J connectivity index is 1.30. The minimum Gasteiger partial charge on any atom is -0.360 e. The van der Waals surface area contributed by atoms with Crippen LogP contribution in [0.4, 0.5) is 0 Å². The topological polar surface area (TPSA) is 128 Å². The van der Waals surface area contributed by atoms with E-state index in [9.17, 15) is 21.6 Å². The Bertz CT molecular complexity index is 2080. The third-order valence-corrected chi connectivity index (χ3v) is 12.8. The number of rotatable bonds is 9. The maximum atomic E-state index is 13.2. The monoisotopic (exact) mass is 650 g/mol. The van der Waals surface area contributed by atoms with Crippen molar-refractivity contribution in [2.24, 2.45) is 0 Å². The predicted molar refractivity (Wildman–Crippen MR) is 176 cm³/mol. The highest BCUT2D eigenvalue weighted by molar-refractivity contribution is 7.90. The second-order valence-corrected chi connectivity index (χ2v) is 15.9. The Morgan fingerprint density at radius 2 is 1.75 bits per heavy atom. The summed E-state index contributed by atoms with van der Waals surface area (Å²) in [6.45, 7) is 2.71. The molecule has 0 saturated carbocycles. The summed E-state index contributed by atoms with van der Waals surface area (Å²) >= 11 is 1.40. The standard InChI is InChI=1S/C32H34N4O5S3/c1-3-43(38,39)36-13-11-22(12-14-36)28-19-34-31-26(28)16-24(17-27(31)32(37)33-2)23-8-6-7-21(15-23)18-35-44(40,41)30-20-42-29-10-5-4-9-25(29)30/h4-10,15-17,19-20,22,34-35H,3,11-14,18H2,1-2H3,(H,33,37). The first-order valence-electron chi connectivity index (χ1n) is 14.5. The first kappa shape index (κ1) is 30.5.